The summed E-state index contributed by atoms with van der Waals surface area (Å²) < 4.78 is 0. The maximum Gasteiger partial charge on any atom is 0.242 e. The normalized spacial score (nSPS) is 28.6. The van der Waals surface area contributed by atoms with Crippen LogP contribution in [-0.4, -0.2) is 46.5 Å². The molecule has 0 N–H and O–H groups in total. The summed E-state index contributed by atoms with van der Waals surface area (Å²) in [5.41, 5.74) is -0.728. The van der Waals surface area contributed by atoms with Gasteiger partial charge in [0.15, 0.2) is 0 Å². The van der Waals surface area contributed by atoms with Gasteiger partial charge in [-0.2, -0.15) is 0 Å². The van der Waals surface area contributed by atoms with Crippen LogP contribution in [0.15, 0.2) is 0 Å². The fourth-order valence-electron chi connectivity index (χ4n) is 4.44. The second kappa shape index (κ2) is 6.30. The maximum absolute atomic E-state index is 12.9. The molecule has 2 aliphatic heterocycles. The van der Waals surface area contributed by atoms with Crippen molar-refractivity contribution in [2.45, 2.75) is 58.8 Å². The molecule has 0 atom stereocenters. The van der Waals surface area contributed by atoms with Crippen LogP contribution >= 0.6 is 0 Å². The van der Waals surface area contributed by atoms with Crippen LogP contribution in [0.25, 0.3) is 0 Å². The van der Waals surface area contributed by atoms with Gasteiger partial charge in [-0.05, 0) is 25.7 Å². The van der Waals surface area contributed by atoms with Crippen LogP contribution < -0.4 is 0 Å². The van der Waals surface area contributed by atoms with Crippen LogP contribution in [0.2, 0.25) is 0 Å². The zero-order chi connectivity index (χ0) is 17.5. The van der Waals surface area contributed by atoms with Gasteiger partial charge in [-0.3, -0.25) is 29.0 Å². The highest BCUT2D eigenvalue weighted by atomic mass is 16.2. The molecule has 1 aliphatic carbocycles. The summed E-state index contributed by atoms with van der Waals surface area (Å²) in [6.45, 7) is 4.59. The molecule has 6 heteroatoms. The van der Waals surface area contributed by atoms with Crippen molar-refractivity contribution in [1.82, 2.24) is 9.80 Å². The summed E-state index contributed by atoms with van der Waals surface area (Å²) in [4.78, 5) is 54.2. The van der Waals surface area contributed by atoms with E-state index in [0.717, 1.165) is 19.3 Å². The Morgan fingerprint density at radius 3 is 1.42 bits per heavy atom. The molecule has 3 fully saturated rings. The lowest BCUT2D eigenvalue weighted by atomic mass is 9.50. The van der Waals surface area contributed by atoms with Crippen LogP contribution in [-0.2, 0) is 19.2 Å². The zero-order valence-electron chi connectivity index (χ0n) is 14.5. The Labute approximate surface area is 142 Å². The van der Waals surface area contributed by atoms with E-state index in [1.54, 1.807) is 0 Å². The molecule has 132 valence electrons. The first-order valence-corrected chi connectivity index (χ1v) is 9.20. The molecular formula is C18H26N2O4. The molecule has 24 heavy (non-hydrogen) atoms. The van der Waals surface area contributed by atoms with Crippen molar-refractivity contribution in [2.24, 2.45) is 17.3 Å². The molecule has 0 aromatic heterocycles. The Bertz CT molecular complexity index is 504. The molecule has 0 aromatic carbocycles. The molecule has 2 saturated heterocycles. The minimum absolute atomic E-state index is 0.312. The third-order valence-corrected chi connectivity index (χ3v) is 5.96. The van der Waals surface area contributed by atoms with E-state index in [1.165, 1.54) is 9.80 Å². The molecule has 2 bridgehead atoms. The second-order valence-corrected chi connectivity index (χ2v) is 7.32. The van der Waals surface area contributed by atoms with E-state index < -0.39 is 17.3 Å². The van der Waals surface area contributed by atoms with Crippen molar-refractivity contribution in [3.8, 4) is 0 Å². The Morgan fingerprint density at radius 2 is 1.17 bits per heavy atom. The first-order valence-electron chi connectivity index (χ1n) is 9.20. The molecule has 3 aliphatic rings. The van der Waals surface area contributed by atoms with Gasteiger partial charge in [-0.15, -0.1) is 0 Å². The van der Waals surface area contributed by atoms with Crippen molar-refractivity contribution in [1.29, 1.82) is 0 Å². The highest BCUT2D eigenvalue weighted by Crippen LogP contribution is 2.59. The van der Waals surface area contributed by atoms with Crippen molar-refractivity contribution in [3.63, 3.8) is 0 Å². The van der Waals surface area contributed by atoms with Crippen LogP contribution in [0.5, 0.6) is 0 Å². The minimum atomic E-state index is -0.833. The van der Waals surface area contributed by atoms with E-state index in [-0.39, 0.29) is 23.6 Å². The standard InChI is InChI=1S/C18H26N2O4/c1-3-5-10-19-14(21)12-16(23)20(11-6-4-2)17(24)13(15(19)22)18(12)8-7-9-18/h12-13H,3-11H2,1-2H3. The summed E-state index contributed by atoms with van der Waals surface area (Å²) in [7, 11) is 0. The highest BCUT2D eigenvalue weighted by molar-refractivity contribution is 6.22. The molecule has 1 saturated carbocycles. The molecule has 2 heterocycles. The van der Waals surface area contributed by atoms with E-state index in [2.05, 4.69) is 0 Å². The van der Waals surface area contributed by atoms with Crippen LogP contribution in [0, 0.1) is 17.3 Å². The molecule has 3 rings (SSSR count). The summed E-state index contributed by atoms with van der Waals surface area (Å²) in [5.74, 6) is -3.15. The van der Waals surface area contributed by atoms with Crippen molar-refractivity contribution in [3.05, 3.63) is 0 Å². The molecule has 0 aromatic rings. The van der Waals surface area contributed by atoms with Crippen LogP contribution in [0.1, 0.15) is 58.8 Å². The van der Waals surface area contributed by atoms with E-state index in [9.17, 15) is 19.2 Å². The largest absolute Gasteiger partial charge is 0.281 e. The predicted molar refractivity (Wildman–Crippen MR) is 86.5 cm³/mol. The van der Waals surface area contributed by atoms with Gasteiger partial charge < -0.3 is 0 Å². The molecule has 0 radical (unpaired) electrons. The molecule has 0 unspecified atom stereocenters. The summed E-state index contributed by atoms with van der Waals surface area (Å²) in [6.07, 6.45) is 5.22. The first-order chi connectivity index (χ1) is 11.5. The quantitative estimate of drug-likeness (QED) is 0.548. The molecule has 4 amide bonds. The van der Waals surface area contributed by atoms with Gasteiger partial charge in [-0.25, -0.2) is 0 Å². The van der Waals surface area contributed by atoms with Gasteiger partial charge >= 0.3 is 0 Å². The number of likely N-dealkylation sites (tertiary alicyclic amines) is 2. The fourth-order valence-corrected chi connectivity index (χ4v) is 4.44. The lowest BCUT2D eigenvalue weighted by Crippen LogP contribution is -2.73. The van der Waals surface area contributed by atoms with Gasteiger partial charge in [0, 0.05) is 18.5 Å². The van der Waals surface area contributed by atoms with Crippen LogP contribution in [0.4, 0.5) is 0 Å². The minimum Gasteiger partial charge on any atom is -0.281 e. The lowest BCUT2D eigenvalue weighted by molar-refractivity contribution is -0.194. The Hall–Kier alpha value is -1.72. The van der Waals surface area contributed by atoms with E-state index in [4.69, 9.17) is 0 Å². The predicted octanol–water partition coefficient (Wildman–Crippen LogP) is 1.73. The van der Waals surface area contributed by atoms with Crippen LogP contribution in [0.3, 0.4) is 0 Å². The molecule has 1 spiro atoms. The van der Waals surface area contributed by atoms with Gasteiger partial charge in [0.2, 0.25) is 23.6 Å². The number of carbonyl (C=O) groups excluding carboxylic acids is 4. The second-order valence-electron chi connectivity index (χ2n) is 7.32. The number of rotatable bonds is 6. The van der Waals surface area contributed by atoms with Crippen molar-refractivity contribution in [2.75, 3.05) is 13.1 Å². The SMILES string of the molecule is CCCCN1C(=O)C2C(=O)N(CCCC)C(=O)C(C1=O)C21CCC1. The number of piperidine rings is 2. The van der Waals surface area contributed by atoms with Crippen molar-refractivity contribution >= 4 is 23.6 Å². The fraction of sp³-hybridized carbons (Fsp3) is 0.778. The highest BCUT2D eigenvalue weighted by Gasteiger charge is 2.69. The van der Waals surface area contributed by atoms with E-state index >= 15 is 0 Å². The van der Waals surface area contributed by atoms with E-state index in [0.29, 0.717) is 38.8 Å². The molecule has 6 nitrogen and oxygen atoms in total. The third kappa shape index (κ3) is 2.22. The third-order valence-electron chi connectivity index (χ3n) is 5.96. The monoisotopic (exact) mass is 334 g/mol. The van der Waals surface area contributed by atoms with E-state index in [1.807, 2.05) is 13.8 Å². The number of amides is 4. The topological polar surface area (TPSA) is 74.8 Å². The number of hydrogen-bond donors (Lipinski definition) is 0. The Kier molecular flexibility index (Phi) is 4.49. The Balaban J connectivity index is 1.98. The molecular weight excluding hydrogens is 308 g/mol. The van der Waals surface area contributed by atoms with Gasteiger partial charge in [-0.1, -0.05) is 33.1 Å². The number of nitrogens with zero attached hydrogens (tertiary/aromatic N) is 2. The lowest BCUT2D eigenvalue weighted by Gasteiger charge is -2.58. The average Bonchev–Trinajstić information content (AvgIpc) is 2.51. The first kappa shape index (κ1) is 17.1. The summed E-state index contributed by atoms with van der Waals surface area (Å²) >= 11 is 0. The van der Waals surface area contributed by atoms with Gasteiger partial charge in [0.05, 0.1) is 0 Å². The summed E-state index contributed by atoms with van der Waals surface area (Å²) in [5, 5.41) is 0. The smallest absolute Gasteiger partial charge is 0.242 e. The Morgan fingerprint density at radius 1 is 0.792 bits per heavy atom. The number of unbranched alkanes of at least 4 members (excludes halogenated alkanes) is 2. The summed E-state index contributed by atoms with van der Waals surface area (Å²) in [6, 6.07) is 0. The number of imide groups is 2. The number of hydrogen-bond acceptors (Lipinski definition) is 4. The maximum atomic E-state index is 12.9. The van der Waals surface area contributed by atoms with Gasteiger partial charge in [0.25, 0.3) is 0 Å². The average molecular weight is 334 g/mol. The van der Waals surface area contributed by atoms with Gasteiger partial charge in [0.1, 0.15) is 11.8 Å². The zero-order valence-corrected chi connectivity index (χ0v) is 14.5. The number of carbonyl (C=O) groups is 4. The van der Waals surface area contributed by atoms with Crippen molar-refractivity contribution < 1.29 is 19.2 Å².